The molecule has 2 rings (SSSR count). The average Bonchev–Trinajstić information content (AvgIpc) is 2.68. The van der Waals surface area contributed by atoms with Crippen molar-refractivity contribution < 1.29 is 22.7 Å². The van der Waals surface area contributed by atoms with E-state index >= 15 is 0 Å². The Labute approximate surface area is 111 Å². The molecule has 0 aromatic heterocycles. The first-order valence-electron chi connectivity index (χ1n) is 5.37. The molecule has 104 valence electrons. The normalized spacial score (nSPS) is 19.9. The molecule has 1 fully saturated rings. The van der Waals surface area contributed by atoms with Crippen LogP contribution < -0.4 is 15.0 Å². The van der Waals surface area contributed by atoms with Gasteiger partial charge in [0, 0.05) is 11.8 Å². The molecule has 0 radical (unpaired) electrons. The van der Waals surface area contributed by atoms with E-state index in [0.717, 1.165) is 0 Å². The lowest BCUT2D eigenvalue weighted by atomic mass is 10.2. The van der Waals surface area contributed by atoms with Crippen LogP contribution in [0.3, 0.4) is 0 Å². The second-order valence-corrected chi connectivity index (χ2v) is 4.84. The number of hydrogen-bond acceptors (Lipinski definition) is 4. The predicted molar refractivity (Wildman–Crippen MR) is 65.9 cm³/mol. The molecule has 1 aliphatic heterocycles. The molecule has 0 aliphatic carbocycles. The van der Waals surface area contributed by atoms with Crippen LogP contribution in [0.4, 0.5) is 18.9 Å². The average molecular weight is 292 g/mol. The predicted octanol–water partition coefficient (Wildman–Crippen LogP) is 2.17. The highest BCUT2D eigenvalue weighted by molar-refractivity contribution is 8.01. The third-order valence-electron chi connectivity index (χ3n) is 2.49. The second-order valence-electron chi connectivity index (χ2n) is 3.78. The zero-order chi connectivity index (χ0) is 14.0. The maximum atomic E-state index is 12.1. The van der Waals surface area contributed by atoms with E-state index in [1.807, 2.05) is 0 Å². The lowest BCUT2D eigenvalue weighted by molar-refractivity contribution is -0.274. The summed E-state index contributed by atoms with van der Waals surface area (Å²) in [6.45, 7) is 0. The van der Waals surface area contributed by atoms with E-state index in [-0.39, 0.29) is 17.0 Å². The highest BCUT2D eigenvalue weighted by Crippen LogP contribution is 2.31. The molecule has 1 unspecified atom stereocenters. The molecular weight excluding hydrogens is 281 g/mol. The van der Waals surface area contributed by atoms with Crippen molar-refractivity contribution in [1.82, 2.24) is 5.32 Å². The van der Waals surface area contributed by atoms with Crippen molar-refractivity contribution in [3.8, 4) is 5.75 Å². The first-order valence-corrected chi connectivity index (χ1v) is 6.41. The molecule has 0 bridgehead atoms. The summed E-state index contributed by atoms with van der Waals surface area (Å²) in [5.41, 5.74) is 0.386. The zero-order valence-corrected chi connectivity index (χ0v) is 10.7. The Morgan fingerprint density at radius 1 is 1.47 bits per heavy atom. The van der Waals surface area contributed by atoms with Crippen molar-refractivity contribution in [2.24, 2.45) is 0 Å². The number of likely N-dealkylation sites (N-methyl/N-ethyl adjacent to an activating group) is 1. The number of halogens is 3. The summed E-state index contributed by atoms with van der Waals surface area (Å²) in [7, 11) is 1.66. The molecule has 1 atom stereocenters. The number of hydrogen-bond donors (Lipinski definition) is 1. The molecule has 1 saturated heterocycles. The molecular formula is C11H11F3N2O2S. The smallest absolute Gasteiger partial charge is 0.406 e. The van der Waals surface area contributed by atoms with Crippen molar-refractivity contribution in [3.63, 3.8) is 0 Å². The van der Waals surface area contributed by atoms with E-state index in [2.05, 4.69) is 10.1 Å². The minimum Gasteiger partial charge on any atom is -0.406 e. The highest BCUT2D eigenvalue weighted by Gasteiger charge is 2.34. The fraction of sp³-hybridized carbons (Fsp3) is 0.364. The van der Waals surface area contributed by atoms with Gasteiger partial charge < -0.3 is 15.0 Å². The Balaban J connectivity index is 2.18. The zero-order valence-electron chi connectivity index (χ0n) is 9.90. The van der Waals surface area contributed by atoms with E-state index in [9.17, 15) is 18.0 Å². The quantitative estimate of drug-likeness (QED) is 0.927. The minimum atomic E-state index is -4.74. The lowest BCUT2D eigenvalue weighted by Gasteiger charge is -2.17. The Kier molecular flexibility index (Phi) is 3.91. The number of alkyl halides is 3. The molecule has 0 saturated carbocycles. The summed E-state index contributed by atoms with van der Waals surface area (Å²) in [6.07, 6.45) is -4.74. The van der Waals surface area contributed by atoms with Crippen LogP contribution in [0, 0.1) is 0 Å². The summed E-state index contributed by atoms with van der Waals surface area (Å²) in [5, 5.41) is 2.46. The fourth-order valence-corrected chi connectivity index (χ4v) is 2.69. The number of ether oxygens (including phenoxy) is 1. The van der Waals surface area contributed by atoms with Gasteiger partial charge in [-0.15, -0.1) is 24.9 Å². The number of nitrogens with one attached hydrogen (secondary N) is 1. The summed E-state index contributed by atoms with van der Waals surface area (Å²) in [6, 6.07) is 5.38. The van der Waals surface area contributed by atoms with Crippen molar-refractivity contribution in [2.45, 2.75) is 11.7 Å². The van der Waals surface area contributed by atoms with Gasteiger partial charge in [-0.2, -0.15) is 0 Å². The van der Waals surface area contributed by atoms with Crippen molar-refractivity contribution in [1.29, 1.82) is 0 Å². The van der Waals surface area contributed by atoms with E-state index in [4.69, 9.17) is 0 Å². The van der Waals surface area contributed by atoms with Crippen LogP contribution in [0.25, 0.3) is 0 Å². The van der Waals surface area contributed by atoms with Crippen LogP contribution in [-0.4, -0.2) is 30.6 Å². The van der Waals surface area contributed by atoms with E-state index in [1.54, 1.807) is 13.1 Å². The standard InChI is InChI=1S/C11H11F3N2O2S/c1-15-9-10(17)16(6-19-9)7-3-2-4-8(5-7)18-11(12,13)14/h2-5,9,15H,6H2,1H3. The molecule has 19 heavy (non-hydrogen) atoms. The highest BCUT2D eigenvalue weighted by atomic mass is 32.2. The van der Waals surface area contributed by atoms with E-state index in [1.165, 1.54) is 34.9 Å². The third-order valence-corrected chi connectivity index (χ3v) is 3.66. The number of benzene rings is 1. The van der Waals surface area contributed by atoms with Gasteiger partial charge in [0.1, 0.15) is 11.1 Å². The number of thioether (sulfide) groups is 1. The lowest BCUT2D eigenvalue weighted by Crippen LogP contribution is -2.35. The van der Waals surface area contributed by atoms with Crippen LogP contribution in [0.15, 0.2) is 24.3 Å². The Morgan fingerprint density at radius 2 is 2.21 bits per heavy atom. The van der Waals surface area contributed by atoms with Crippen LogP contribution in [0.1, 0.15) is 0 Å². The summed E-state index contributed by atoms with van der Waals surface area (Å²) in [4.78, 5) is 13.3. The van der Waals surface area contributed by atoms with Gasteiger partial charge in [0.05, 0.1) is 5.88 Å². The molecule has 1 aromatic rings. The van der Waals surface area contributed by atoms with Crippen molar-refractivity contribution in [2.75, 3.05) is 17.8 Å². The van der Waals surface area contributed by atoms with E-state index in [0.29, 0.717) is 11.6 Å². The van der Waals surface area contributed by atoms with Crippen molar-refractivity contribution in [3.05, 3.63) is 24.3 Å². The van der Waals surface area contributed by atoms with Gasteiger partial charge in [0.2, 0.25) is 0 Å². The monoisotopic (exact) mass is 292 g/mol. The topological polar surface area (TPSA) is 41.6 Å². The summed E-state index contributed by atoms with van der Waals surface area (Å²) >= 11 is 1.37. The Hall–Kier alpha value is -1.41. The van der Waals surface area contributed by atoms with Crippen molar-refractivity contribution >= 4 is 23.4 Å². The van der Waals surface area contributed by atoms with Gasteiger partial charge in [0.15, 0.2) is 0 Å². The molecule has 1 aromatic carbocycles. The largest absolute Gasteiger partial charge is 0.573 e. The second kappa shape index (κ2) is 5.30. The van der Waals surface area contributed by atoms with Crippen LogP contribution in [0.2, 0.25) is 0 Å². The first kappa shape index (κ1) is 14.0. The molecule has 1 aliphatic rings. The maximum absolute atomic E-state index is 12.1. The van der Waals surface area contributed by atoms with Gasteiger partial charge in [-0.3, -0.25) is 4.79 Å². The van der Waals surface area contributed by atoms with Gasteiger partial charge in [-0.05, 0) is 19.2 Å². The number of carbonyl (C=O) groups is 1. The molecule has 0 spiro atoms. The Morgan fingerprint density at radius 3 is 2.79 bits per heavy atom. The Bertz CT molecular complexity index is 481. The van der Waals surface area contributed by atoms with Crippen LogP contribution in [-0.2, 0) is 4.79 Å². The van der Waals surface area contributed by atoms with Crippen LogP contribution in [0.5, 0.6) is 5.75 Å². The molecule has 1 amide bonds. The molecule has 1 heterocycles. The van der Waals surface area contributed by atoms with Gasteiger partial charge in [-0.1, -0.05) is 6.07 Å². The molecule has 1 N–H and O–H groups in total. The maximum Gasteiger partial charge on any atom is 0.573 e. The first-order chi connectivity index (χ1) is 8.90. The molecule has 8 heteroatoms. The fourth-order valence-electron chi connectivity index (χ4n) is 1.68. The number of rotatable bonds is 3. The molecule has 4 nitrogen and oxygen atoms in total. The number of nitrogens with zero attached hydrogens (tertiary/aromatic N) is 1. The number of amides is 1. The SMILES string of the molecule is CNC1SCN(c2cccc(OC(F)(F)F)c2)C1=O. The number of carbonyl (C=O) groups excluding carboxylic acids is 1. The summed E-state index contributed by atoms with van der Waals surface area (Å²) < 4.78 is 40.2. The number of anilines is 1. The summed E-state index contributed by atoms with van der Waals surface area (Å²) in [5.74, 6) is -0.132. The van der Waals surface area contributed by atoms with Gasteiger partial charge in [0.25, 0.3) is 5.91 Å². The van der Waals surface area contributed by atoms with Gasteiger partial charge in [-0.25, -0.2) is 0 Å². The third kappa shape index (κ3) is 3.32. The minimum absolute atomic E-state index is 0.184. The van der Waals surface area contributed by atoms with Crippen LogP contribution >= 0.6 is 11.8 Å². The van der Waals surface area contributed by atoms with E-state index < -0.39 is 6.36 Å². The van der Waals surface area contributed by atoms with Gasteiger partial charge >= 0.3 is 6.36 Å².